The fourth-order valence-electron chi connectivity index (χ4n) is 4.02. The highest BCUT2D eigenvalue weighted by atomic mass is 28.3. The molecule has 0 bridgehead atoms. The van der Waals surface area contributed by atoms with Gasteiger partial charge in [-0.3, -0.25) is 9.36 Å². The molecule has 2 fully saturated rings. The Kier molecular flexibility index (Phi) is 4.52. The average Bonchev–Trinajstić information content (AvgIpc) is 2.66. The summed E-state index contributed by atoms with van der Waals surface area (Å²) in [7, 11) is -1.98. The first-order chi connectivity index (χ1) is 9.79. The number of carbonyl (C=O) groups excluding carboxylic acids is 2. The van der Waals surface area contributed by atoms with Crippen LogP contribution < -0.4 is 0 Å². The van der Waals surface area contributed by atoms with Crippen LogP contribution in [0.15, 0.2) is 0 Å². The van der Waals surface area contributed by atoms with Crippen molar-refractivity contribution in [3.63, 3.8) is 0 Å². The van der Waals surface area contributed by atoms with Gasteiger partial charge in [-0.15, -0.1) is 0 Å². The van der Waals surface area contributed by atoms with E-state index in [1.165, 1.54) is 19.3 Å². The molecule has 1 aliphatic heterocycles. The van der Waals surface area contributed by atoms with Gasteiger partial charge in [-0.05, 0) is 25.7 Å². The molecule has 1 saturated carbocycles. The SMILES string of the molecule is CCC1(CC)C(=O)N([Si](C)(C)C)C(=O)N1C1CCCCC1. The molecule has 1 saturated heterocycles. The van der Waals surface area contributed by atoms with Gasteiger partial charge in [0.2, 0.25) is 5.91 Å². The number of carbonyl (C=O) groups is 2. The Morgan fingerprint density at radius 3 is 2.00 bits per heavy atom. The van der Waals surface area contributed by atoms with Crippen molar-refractivity contribution in [1.29, 1.82) is 0 Å². The van der Waals surface area contributed by atoms with Crippen molar-refractivity contribution in [2.24, 2.45) is 0 Å². The topological polar surface area (TPSA) is 40.6 Å². The maximum absolute atomic E-state index is 13.1. The van der Waals surface area contributed by atoms with Crippen LogP contribution in [0, 0.1) is 0 Å². The van der Waals surface area contributed by atoms with Crippen LogP contribution in [0.5, 0.6) is 0 Å². The molecule has 3 amide bonds. The van der Waals surface area contributed by atoms with E-state index in [0.29, 0.717) is 0 Å². The largest absolute Gasteiger partial charge is 0.319 e. The van der Waals surface area contributed by atoms with E-state index in [0.717, 1.165) is 25.7 Å². The molecule has 2 rings (SSSR count). The van der Waals surface area contributed by atoms with E-state index in [4.69, 9.17) is 0 Å². The third kappa shape index (κ3) is 2.54. The lowest BCUT2D eigenvalue weighted by atomic mass is 9.86. The lowest BCUT2D eigenvalue weighted by Gasteiger charge is -2.41. The van der Waals surface area contributed by atoms with Crippen LogP contribution in [0.1, 0.15) is 58.8 Å². The molecular weight excluding hydrogens is 280 g/mol. The van der Waals surface area contributed by atoms with Gasteiger partial charge in [-0.2, -0.15) is 0 Å². The molecule has 1 heterocycles. The number of rotatable bonds is 4. The van der Waals surface area contributed by atoms with Crippen molar-refractivity contribution in [3.05, 3.63) is 0 Å². The summed E-state index contributed by atoms with van der Waals surface area (Å²) >= 11 is 0. The zero-order chi connectivity index (χ0) is 15.8. The smallest absolute Gasteiger partial charge is 0.307 e. The zero-order valence-electron chi connectivity index (χ0n) is 14.2. The van der Waals surface area contributed by atoms with Crippen molar-refractivity contribution >= 4 is 20.2 Å². The summed E-state index contributed by atoms with van der Waals surface area (Å²) < 4.78 is 1.65. The highest BCUT2D eigenvalue weighted by molar-refractivity contribution is 6.78. The maximum Gasteiger partial charge on any atom is 0.319 e. The predicted molar refractivity (Wildman–Crippen MR) is 87.6 cm³/mol. The van der Waals surface area contributed by atoms with Crippen LogP contribution in [0.3, 0.4) is 0 Å². The summed E-state index contributed by atoms with van der Waals surface area (Å²) in [5.41, 5.74) is -0.584. The second-order valence-corrected chi connectivity index (χ2v) is 12.3. The third-order valence-electron chi connectivity index (χ3n) is 5.24. The quantitative estimate of drug-likeness (QED) is 0.582. The third-order valence-corrected chi connectivity index (χ3v) is 6.98. The van der Waals surface area contributed by atoms with Crippen LogP contribution in [0.2, 0.25) is 19.6 Å². The van der Waals surface area contributed by atoms with Crippen molar-refractivity contribution in [2.75, 3.05) is 0 Å². The zero-order valence-corrected chi connectivity index (χ0v) is 15.2. The average molecular weight is 311 g/mol. The van der Waals surface area contributed by atoms with Crippen LogP contribution in [-0.2, 0) is 4.79 Å². The number of imide groups is 1. The van der Waals surface area contributed by atoms with Gasteiger partial charge in [0.05, 0.1) is 0 Å². The molecule has 4 nitrogen and oxygen atoms in total. The second kappa shape index (κ2) is 5.74. The summed E-state index contributed by atoms with van der Waals surface area (Å²) in [5, 5.41) is 0. The fraction of sp³-hybridized carbons (Fsp3) is 0.875. The van der Waals surface area contributed by atoms with Crippen molar-refractivity contribution in [1.82, 2.24) is 9.47 Å². The molecule has 5 heteroatoms. The van der Waals surface area contributed by atoms with Gasteiger partial charge in [0.25, 0.3) is 0 Å². The molecule has 0 atom stereocenters. The summed E-state index contributed by atoms with van der Waals surface area (Å²) in [6, 6.07) is 0.256. The molecule has 0 radical (unpaired) electrons. The monoisotopic (exact) mass is 310 g/mol. The minimum atomic E-state index is -1.98. The Bertz CT molecular complexity index is 420. The predicted octanol–water partition coefficient (Wildman–Crippen LogP) is 3.98. The summed E-state index contributed by atoms with van der Waals surface area (Å²) in [4.78, 5) is 28.2. The highest BCUT2D eigenvalue weighted by Gasteiger charge is 2.59. The first kappa shape index (κ1) is 16.5. The second-order valence-electron chi connectivity index (χ2n) is 7.49. The molecule has 0 aromatic rings. The summed E-state index contributed by atoms with van der Waals surface area (Å²) in [5.74, 6) is 0.0715. The van der Waals surface area contributed by atoms with Gasteiger partial charge < -0.3 is 4.90 Å². The molecule has 2 aliphatic rings. The van der Waals surface area contributed by atoms with Gasteiger partial charge in [-0.1, -0.05) is 52.8 Å². The first-order valence-corrected chi connectivity index (χ1v) is 11.9. The Morgan fingerprint density at radius 1 is 1.05 bits per heavy atom. The maximum atomic E-state index is 13.1. The molecule has 21 heavy (non-hydrogen) atoms. The minimum Gasteiger partial charge on any atom is -0.307 e. The first-order valence-electron chi connectivity index (χ1n) is 8.47. The van der Waals surface area contributed by atoms with E-state index in [9.17, 15) is 9.59 Å². The van der Waals surface area contributed by atoms with Gasteiger partial charge in [0, 0.05) is 6.04 Å². The number of hydrogen-bond acceptors (Lipinski definition) is 2. The van der Waals surface area contributed by atoms with Crippen LogP contribution in [0.4, 0.5) is 4.79 Å². The van der Waals surface area contributed by atoms with Gasteiger partial charge in [0.1, 0.15) is 5.54 Å². The molecule has 0 spiro atoms. The fourth-order valence-corrected chi connectivity index (χ4v) is 5.52. The molecular formula is C16H30N2O2Si. The van der Waals surface area contributed by atoms with E-state index in [2.05, 4.69) is 33.5 Å². The number of urea groups is 1. The lowest BCUT2D eigenvalue weighted by Crippen LogP contribution is -2.54. The normalized spacial score (nSPS) is 24.0. The van der Waals surface area contributed by atoms with Crippen LogP contribution in [0.25, 0.3) is 0 Å². The van der Waals surface area contributed by atoms with Gasteiger partial charge in [-0.25, -0.2) is 4.79 Å². The lowest BCUT2D eigenvalue weighted by molar-refractivity contribution is -0.132. The van der Waals surface area contributed by atoms with Crippen molar-refractivity contribution in [3.8, 4) is 0 Å². The van der Waals surface area contributed by atoms with Crippen molar-refractivity contribution < 1.29 is 9.59 Å². The van der Waals surface area contributed by atoms with E-state index < -0.39 is 13.8 Å². The Hall–Kier alpha value is -0.843. The number of nitrogens with zero attached hydrogens (tertiary/aromatic N) is 2. The molecule has 0 aromatic heterocycles. The standard InChI is InChI=1S/C16H30N2O2Si/c1-6-16(7-2)14(19)18(21(3,4)5)15(20)17(16)13-11-9-8-10-12-13/h13H,6-12H2,1-5H3. The van der Waals surface area contributed by atoms with Gasteiger partial charge in [0.15, 0.2) is 8.24 Å². The summed E-state index contributed by atoms with van der Waals surface area (Å²) in [6.07, 6.45) is 7.19. The number of hydrogen-bond donors (Lipinski definition) is 0. The Morgan fingerprint density at radius 2 is 1.57 bits per heavy atom. The van der Waals surface area contributed by atoms with E-state index in [1.807, 2.05) is 4.90 Å². The number of amides is 3. The van der Waals surface area contributed by atoms with Crippen LogP contribution >= 0.6 is 0 Å². The van der Waals surface area contributed by atoms with E-state index >= 15 is 0 Å². The highest BCUT2D eigenvalue weighted by Crippen LogP contribution is 2.41. The molecule has 120 valence electrons. The van der Waals surface area contributed by atoms with Gasteiger partial charge >= 0.3 is 6.03 Å². The Labute approximate surface area is 130 Å². The van der Waals surface area contributed by atoms with Crippen LogP contribution in [-0.4, -0.2) is 41.2 Å². The molecule has 0 unspecified atom stereocenters. The minimum absolute atomic E-state index is 0.00485. The Balaban J connectivity index is 2.44. The molecule has 0 N–H and O–H groups in total. The molecule has 1 aliphatic carbocycles. The van der Waals surface area contributed by atoms with E-state index in [-0.39, 0.29) is 18.0 Å². The molecule has 0 aromatic carbocycles. The van der Waals surface area contributed by atoms with E-state index in [1.54, 1.807) is 4.57 Å². The van der Waals surface area contributed by atoms with Crippen molar-refractivity contribution in [2.45, 2.75) is 90.0 Å². The summed E-state index contributed by atoms with van der Waals surface area (Å²) in [6.45, 7) is 10.4.